The Labute approximate surface area is 503 Å². The van der Waals surface area contributed by atoms with Gasteiger partial charge in [0.05, 0.1) is 53.8 Å². The van der Waals surface area contributed by atoms with E-state index in [0.29, 0.717) is 24.5 Å². The summed E-state index contributed by atoms with van der Waals surface area (Å²) in [6, 6.07) is 25.7. The Balaban J connectivity index is 0.000000304. The summed E-state index contributed by atoms with van der Waals surface area (Å²) in [5, 5.41) is 15.4. The number of amides is 2. The molecule has 0 spiro atoms. The smallest absolute Gasteiger partial charge is 0.870 e. The van der Waals surface area contributed by atoms with Gasteiger partial charge in [0.15, 0.2) is 0 Å². The third-order valence-electron chi connectivity index (χ3n) is 14.9. The average molecular weight is 1180 g/mol. The summed E-state index contributed by atoms with van der Waals surface area (Å²) in [7, 11) is 1.17. The van der Waals surface area contributed by atoms with E-state index in [1.54, 1.807) is 0 Å². The van der Waals surface area contributed by atoms with E-state index in [0.717, 1.165) is 52.6 Å². The molecule has 6 aromatic carbocycles. The number of hydrogen-bond donors (Lipinski definition) is 3. The molecule has 20 heteroatoms. The van der Waals surface area contributed by atoms with Gasteiger partial charge in [-0.2, -0.15) is 0 Å². The van der Waals surface area contributed by atoms with Gasteiger partial charge in [-0.25, -0.2) is 44.7 Å². The molecule has 2 saturated carbocycles. The first-order valence-electron chi connectivity index (χ1n) is 27.8. The van der Waals surface area contributed by atoms with Crippen LogP contribution < -0.4 is 39.3 Å². The van der Waals surface area contributed by atoms with E-state index >= 15 is 8.78 Å². The standard InChI is InChI=1S/C33H36F4N2O3.C32H34F4N2O3.Li.H2O/c1-20(2)19-39(24-11-13-33(36,37)14-12-24)30-18-28(35)27(26-16-23(34)9-10-25(26)32(41)42-4)17-29(30)38-31(40)15-22-7-5-21(3)6-8-22;1-19(2)18-38(23-10-12-32(35,36)13-11-23)29-17-27(34)26(25-15-22(33)8-9-24(25)31(40)41)16-28(29)37-30(39)14-21-6-4-20(3)5-7-21;;/h5-10,16-18,20,24H,11-15,19H2,1-4H3,(H,38,40);4-9,15-17,19,23H,10-14,18H2,1-3H3,(H,37,39)(H,40,41);;1H2/q;;+1;/p-1. The van der Waals surface area contributed by atoms with Crippen molar-refractivity contribution in [3.63, 3.8) is 0 Å². The van der Waals surface area contributed by atoms with Gasteiger partial charge in [0, 0.05) is 73.1 Å². The summed E-state index contributed by atoms with van der Waals surface area (Å²) in [5.74, 6) is -11.2. The van der Waals surface area contributed by atoms with Crippen LogP contribution in [0.1, 0.15) is 122 Å². The second-order valence-electron chi connectivity index (χ2n) is 22.6. The minimum Gasteiger partial charge on any atom is -0.870 e. The van der Waals surface area contributed by atoms with Crippen molar-refractivity contribution >= 4 is 46.5 Å². The number of hydrogen-bond acceptors (Lipinski definition) is 8. The van der Waals surface area contributed by atoms with E-state index < -0.39 is 53.0 Å². The van der Waals surface area contributed by atoms with E-state index in [4.69, 9.17) is 4.74 Å². The van der Waals surface area contributed by atoms with Gasteiger partial charge < -0.3 is 35.8 Å². The van der Waals surface area contributed by atoms with E-state index in [9.17, 15) is 50.6 Å². The molecule has 0 bridgehead atoms. The first-order valence-corrected chi connectivity index (χ1v) is 27.8. The van der Waals surface area contributed by atoms with Crippen LogP contribution in [0.3, 0.4) is 0 Å². The van der Waals surface area contributed by atoms with Crippen molar-refractivity contribution < 1.29 is 88.5 Å². The number of nitrogens with zero attached hydrogens (tertiary/aromatic N) is 2. The number of alkyl halides is 4. The van der Waals surface area contributed by atoms with Crippen LogP contribution in [0.25, 0.3) is 22.3 Å². The number of aryl methyl sites for hydroxylation is 2. The number of ether oxygens (including phenoxy) is 1. The molecule has 0 unspecified atom stereocenters. The molecule has 11 nitrogen and oxygen atoms in total. The first kappa shape index (κ1) is 68.6. The molecule has 0 aliphatic heterocycles. The molecular weight excluding hydrogens is 1110 g/mol. The van der Waals surface area contributed by atoms with E-state index in [1.807, 2.05) is 99.9 Å². The molecule has 4 N–H and O–H groups in total. The fourth-order valence-electron chi connectivity index (χ4n) is 10.7. The van der Waals surface area contributed by atoms with Gasteiger partial charge in [0.25, 0.3) is 0 Å². The van der Waals surface area contributed by atoms with Crippen molar-refractivity contribution in [1.29, 1.82) is 0 Å². The van der Waals surface area contributed by atoms with Crippen molar-refractivity contribution in [3.05, 3.63) is 166 Å². The number of esters is 1. The number of carboxylic acid groups (broad SMARTS) is 1. The van der Waals surface area contributed by atoms with Crippen LogP contribution in [0.5, 0.6) is 0 Å². The maximum atomic E-state index is 16.0. The van der Waals surface area contributed by atoms with Gasteiger partial charge in [0.2, 0.25) is 23.7 Å². The molecule has 0 heterocycles. The van der Waals surface area contributed by atoms with Crippen LogP contribution in [0, 0.1) is 49.0 Å². The van der Waals surface area contributed by atoms with Gasteiger partial charge in [-0.15, -0.1) is 0 Å². The molecule has 2 aliphatic carbocycles. The fraction of sp³-hybridized carbons (Fsp3) is 0.385. The minimum atomic E-state index is -2.76. The SMILES string of the molecule is COC(=O)c1ccc(F)cc1-c1cc(NC(=O)Cc2ccc(C)cc2)c(N(CC(C)C)C2CCC(F)(F)CC2)cc1F.Cc1ccc(CC(=O)Nc2cc(-c3cc(F)ccc3C(=O)O)c(F)cc2N(CC(C)C)C2CCC(F)(F)CC2)cc1.[Li+].[OH-]. The molecule has 6 aromatic rings. The zero-order valence-corrected chi connectivity index (χ0v) is 49.0. The van der Waals surface area contributed by atoms with Crippen LogP contribution in [-0.2, 0) is 27.2 Å². The molecule has 0 radical (unpaired) electrons. The molecule has 450 valence electrons. The van der Waals surface area contributed by atoms with Gasteiger partial charge in [-0.05, 0) is 123 Å². The third kappa shape index (κ3) is 18.4. The number of nitrogens with one attached hydrogen (secondary N) is 2. The Morgan fingerprint density at radius 3 is 1.25 bits per heavy atom. The molecule has 2 aliphatic rings. The van der Waals surface area contributed by atoms with E-state index in [2.05, 4.69) is 10.6 Å². The molecule has 2 fully saturated rings. The summed E-state index contributed by atoms with van der Waals surface area (Å²) in [5.41, 5.74) is 3.82. The zero-order valence-electron chi connectivity index (χ0n) is 49.0. The topological polar surface area (TPSA) is 158 Å². The van der Waals surface area contributed by atoms with Crippen LogP contribution in [-0.4, -0.2) is 78.5 Å². The number of carboxylic acids is 1. The van der Waals surface area contributed by atoms with Crippen molar-refractivity contribution in [2.75, 3.05) is 40.6 Å². The summed E-state index contributed by atoms with van der Waals surface area (Å²) < 4.78 is 121. The van der Waals surface area contributed by atoms with Crippen molar-refractivity contribution in [2.45, 2.75) is 130 Å². The second-order valence-corrected chi connectivity index (χ2v) is 22.6. The molecule has 0 aromatic heterocycles. The molecular formula is C65H71F8LiN4O7. The van der Waals surface area contributed by atoms with Gasteiger partial charge in [0.1, 0.15) is 23.3 Å². The second kappa shape index (κ2) is 29.7. The van der Waals surface area contributed by atoms with Crippen LogP contribution >= 0.6 is 0 Å². The fourth-order valence-corrected chi connectivity index (χ4v) is 10.7. The maximum absolute atomic E-state index is 16.0. The van der Waals surface area contributed by atoms with Crippen molar-refractivity contribution in [3.8, 4) is 22.3 Å². The number of methoxy groups -OCH3 is 1. The average Bonchev–Trinajstić information content (AvgIpc) is 1.43. The van der Waals surface area contributed by atoms with Gasteiger partial charge in [-0.3, -0.25) is 9.59 Å². The molecule has 0 saturated heterocycles. The van der Waals surface area contributed by atoms with Gasteiger partial charge >= 0.3 is 30.8 Å². The summed E-state index contributed by atoms with van der Waals surface area (Å²) in [4.78, 5) is 54.6. The quantitative estimate of drug-likeness (QED) is 0.0433. The van der Waals surface area contributed by atoms with Crippen molar-refractivity contribution in [2.24, 2.45) is 11.8 Å². The van der Waals surface area contributed by atoms with Crippen LogP contribution in [0.15, 0.2) is 109 Å². The Kier molecular flexibility index (Phi) is 24.0. The molecule has 8 rings (SSSR count). The van der Waals surface area contributed by atoms with Gasteiger partial charge in [-0.1, -0.05) is 87.4 Å². The Morgan fingerprint density at radius 1 is 0.553 bits per heavy atom. The largest absolute Gasteiger partial charge is 1.00 e. The van der Waals surface area contributed by atoms with E-state index in [1.165, 1.54) is 37.4 Å². The van der Waals surface area contributed by atoms with Crippen LogP contribution in [0.4, 0.5) is 57.9 Å². The normalized spacial score (nSPS) is 14.7. The number of halogens is 8. The Bertz CT molecular complexity index is 3290. The zero-order chi connectivity index (χ0) is 60.5. The van der Waals surface area contributed by atoms with Crippen molar-refractivity contribution in [1.82, 2.24) is 0 Å². The predicted molar refractivity (Wildman–Crippen MR) is 310 cm³/mol. The number of rotatable bonds is 18. The number of anilines is 4. The Morgan fingerprint density at radius 2 is 0.906 bits per heavy atom. The summed E-state index contributed by atoms with van der Waals surface area (Å²) >= 11 is 0. The Hall–Kier alpha value is -7.20. The maximum Gasteiger partial charge on any atom is 1.00 e. The monoisotopic (exact) mass is 1180 g/mol. The molecule has 2 amide bonds. The first-order chi connectivity index (χ1) is 39.2. The third-order valence-corrected chi connectivity index (χ3v) is 14.9. The summed E-state index contributed by atoms with van der Waals surface area (Å²) in [6.07, 6.45) is -0.319. The number of carbonyl (C=O) groups is 4. The van der Waals surface area contributed by atoms with E-state index in [-0.39, 0.29) is 163 Å². The number of aromatic carboxylic acids is 1. The van der Waals surface area contributed by atoms with Crippen LogP contribution in [0.2, 0.25) is 0 Å². The summed E-state index contributed by atoms with van der Waals surface area (Å²) in [6.45, 7) is 12.6. The molecule has 0 atom stereocenters. The predicted octanol–water partition coefficient (Wildman–Crippen LogP) is 12.6. The minimum absolute atomic E-state index is 0. The number of carbonyl (C=O) groups excluding carboxylic acids is 3. The molecule has 85 heavy (non-hydrogen) atoms. The number of benzene rings is 6.